The van der Waals surface area contributed by atoms with Crippen molar-refractivity contribution < 1.29 is 17.9 Å². The Morgan fingerprint density at radius 3 is 1.95 bits per heavy atom. The maximum absolute atomic E-state index is 14.1. The summed E-state index contributed by atoms with van der Waals surface area (Å²) >= 11 is 0. The van der Waals surface area contributed by atoms with Crippen molar-refractivity contribution in [2.45, 2.75) is 31.3 Å². The lowest BCUT2D eigenvalue weighted by Gasteiger charge is -2.44. The predicted molar refractivity (Wildman–Crippen MR) is 169 cm³/mol. The molecule has 0 amide bonds. The number of anilines is 2. The van der Waals surface area contributed by atoms with Gasteiger partial charge in [-0.05, 0) is 85.6 Å². The van der Waals surface area contributed by atoms with Gasteiger partial charge >= 0.3 is 0 Å². The van der Waals surface area contributed by atoms with Crippen LogP contribution in [0.1, 0.15) is 18.1 Å². The summed E-state index contributed by atoms with van der Waals surface area (Å²) in [5.41, 5.74) is 4.92. The molecule has 1 aliphatic heterocycles. The van der Waals surface area contributed by atoms with E-state index in [2.05, 4.69) is 16.7 Å². The lowest BCUT2D eigenvalue weighted by atomic mass is 10.0. The van der Waals surface area contributed by atoms with Crippen molar-refractivity contribution in [1.29, 1.82) is 0 Å². The average Bonchev–Trinajstić information content (AvgIpc) is 3.02. The van der Waals surface area contributed by atoms with Gasteiger partial charge in [-0.3, -0.25) is 4.31 Å². The normalized spacial score (nSPS) is 16.4. The van der Waals surface area contributed by atoms with Gasteiger partial charge in [-0.15, -0.1) is 0 Å². The number of benzene rings is 4. The number of nitrogens with zero attached hydrogens (tertiary/aromatic N) is 3. The largest absolute Gasteiger partial charge is 0.497 e. The van der Waals surface area contributed by atoms with E-state index in [4.69, 9.17) is 9.47 Å². The summed E-state index contributed by atoms with van der Waals surface area (Å²) in [6.07, 6.45) is 1.83. The molecule has 1 aliphatic rings. The van der Waals surface area contributed by atoms with Crippen LogP contribution in [-0.4, -0.2) is 46.2 Å². The Morgan fingerprint density at radius 2 is 1.38 bits per heavy atom. The minimum atomic E-state index is -3.83. The van der Waals surface area contributed by atoms with Crippen molar-refractivity contribution in [3.05, 3.63) is 126 Å². The maximum Gasteiger partial charge on any atom is 0.264 e. The Morgan fingerprint density at radius 1 is 0.810 bits per heavy atom. The number of methoxy groups -OCH3 is 2. The summed E-state index contributed by atoms with van der Waals surface area (Å²) in [4.78, 5) is 4.79. The Labute approximate surface area is 249 Å². The molecular formula is C34H37N3O4S. The van der Waals surface area contributed by atoms with Crippen molar-refractivity contribution in [3.8, 4) is 11.5 Å². The fourth-order valence-corrected chi connectivity index (χ4v) is 6.44. The highest BCUT2D eigenvalue weighted by Crippen LogP contribution is 2.32. The molecule has 0 bridgehead atoms. The standard InChI is InChI=1S/C34H37N3O4S/c1-26-10-20-34(21-11-26)42(38,39)36(22-28-8-6-5-7-9-28)24-29-23-35(30-12-16-32(40-3)17-13-30)25-37(27(29)2)31-14-18-33(41-4)19-15-31/h5-21,24,27H,22-23,25H2,1-4H3/b29-24-. The molecule has 0 radical (unpaired) electrons. The van der Waals surface area contributed by atoms with Crippen molar-refractivity contribution in [2.75, 3.05) is 37.2 Å². The number of hydrogen-bond acceptors (Lipinski definition) is 6. The summed E-state index contributed by atoms with van der Waals surface area (Å²) in [5, 5.41) is 0. The van der Waals surface area contributed by atoms with Crippen LogP contribution in [0.25, 0.3) is 0 Å². The van der Waals surface area contributed by atoms with E-state index in [1.54, 1.807) is 26.4 Å². The van der Waals surface area contributed by atoms with Crippen molar-refractivity contribution in [2.24, 2.45) is 0 Å². The topological polar surface area (TPSA) is 62.3 Å². The molecule has 1 fully saturated rings. The molecule has 0 N–H and O–H groups in total. The Hall–Kier alpha value is -4.43. The van der Waals surface area contributed by atoms with Gasteiger partial charge in [0.25, 0.3) is 10.0 Å². The monoisotopic (exact) mass is 583 g/mol. The van der Waals surface area contributed by atoms with Crippen LogP contribution in [0.5, 0.6) is 11.5 Å². The van der Waals surface area contributed by atoms with Crippen LogP contribution in [0.4, 0.5) is 11.4 Å². The van der Waals surface area contributed by atoms with Gasteiger partial charge < -0.3 is 19.3 Å². The third-order valence-corrected chi connectivity index (χ3v) is 9.38. The summed E-state index contributed by atoms with van der Waals surface area (Å²) < 4.78 is 40.5. The first-order valence-corrected chi connectivity index (χ1v) is 15.3. The van der Waals surface area contributed by atoms with Crippen LogP contribution >= 0.6 is 0 Å². The van der Waals surface area contributed by atoms with Crippen molar-refractivity contribution >= 4 is 21.4 Å². The molecule has 8 heteroatoms. The highest BCUT2D eigenvalue weighted by molar-refractivity contribution is 7.89. The second kappa shape index (κ2) is 12.6. The van der Waals surface area contributed by atoms with Gasteiger partial charge in [-0.25, -0.2) is 8.42 Å². The second-order valence-electron chi connectivity index (χ2n) is 10.4. The van der Waals surface area contributed by atoms with Gasteiger partial charge in [-0.1, -0.05) is 48.0 Å². The zero-order chi connectivity index (χ0) is 29.7. The fourth-order valence-electron chi connectivity index (χ4n) is 5.10. The van der Waals surface area contributed by atoms with Crippen molar-refractivity contribution in [3.63, 3.8) is 0 Å². The molecule has 0 aromatic heterocycles. The minimum Gasteiger partial charge on any atom is -0.497 e. The van der Waals surface area contributed by atoms with E-state index in [0.29, 0.717) is 13.2 Å². The second-order valence-corrected chi connectivity index (χ2v) is 12.3. The number of aryl methyl sites for hydroxylation is 1. The van der Waals surface area contributed by atoms with Crippen LogP contribution < -0.4 is 19.3 Å². The highest BCUT2D eigenvalue weighted by atomic mass is 32.2. The highest BCUT2D eigenvalue weighted by Gasteiger charge is 2.31. The first-order chi connectivity index (χ1) is 20.3. The molecule has 0 saturated carbocycles. The van der Waals surface area contributed by atoms with Gasteiger partial charge in [0.2, 0.25) is 0 Å². The maximum atomic E-state index is 14.1. The summed E-state index contributed by atoms with van der Waals surface area (Å²) in [5.74, 6) is 1.56. The molecule has 1 unspecified atom stereocenters. The lowest BCUT2D eigenvalue weighted by Crippen LogP contribution is -2.52. The minimum absolute atomic E-state index is 0.0700. The molecule has 4 aromatic rings. The Bertz CT molecular complexity index is 1600. The van der Waals surface area contributed by atoms with E-state index in [1.807, 2.05) is 104 Å². The molecule has 1 atom stereocenters. The predicted octanol–water partition coefficient (Wildman–Crippen LogP) is 6.46. The number of hydrogen-bond donors (Lipinski definition) is 0. The van der Waals surface area contributed by atoms with Crippen LogP contribution in [-0.2, 0) is 16.6 Å². The number of rotatable bonds is 9. The Balaban J connectivity index is 1.58. The smallest absolute Gasteiger partial charge is 0.264 e. The summed E-state index contributed by atoms with van der Waals surface area (Å²) in [7, 11) is -0.528. The van der Waals surface area contributed by atoms with Gasteiger partial charge in [0.1, 0.15) is 11.5 Å². The summed E-state index contributed by atoms with van der Waals surface area (Å²) in [6, 6.07) is 32.6. The lowest BCUT2D eigenvalue weighted by molar-refractivity contribution is 0.414. The van der Waals surface area contributed by atoms with Gasteiger partial charge in [-0.2, -0.15) is 0 Å². The van der Waals surface area contributed by atoms with E-state index >= 15 is 0 Å². The molecule has 5 rings (SSSR count). The SMILES string of the molecule is COc1ccc(N2C/C(=C/N(Cc3ccccc3)S(=O)(=O)c3ccc(C)cc3)C(C)N(c3ccc(OC)cc3)C2)cc1. The fraction of sp³-hybridized carbons (Fsp3) is 0.235. The van der Waals surface area contributed by atoms with Crippen LogP contribution in [0.3, 0.4) is 0 Å². The third kappa shape index (κ3) is 6.39. The molecule has 4 aromatic carbocycles. The van der Waals surface area contributed by atoms with Gasteiger partial charge in [0, 0.05) is 24.1 Å². The molecule has 7 nitrogen and oxygen atoms in total. The third-order valence-electron chi connectivity index (χ3n) is 7.66. The van der Waals surface area contributed by atoms with E-state index in [0.717, 1.165) is 39.6 Å². The molecule has 218 valence electrons. The molecule has 42 heavy (non-hydrogen) atoms. The Kier molecular flexibility index (Phi) is 8.73. The van der Waals surface area contributed by atoms with E-state index < -0.39 is 10.0 Å². The van der Waals surface area contributed by atoms with E-state index in [-0.39, 0.29) is 17.5 Å². The first-order valence-electron chi connectivity index (χ1n) is 13.9. The van der Waals surface area contributed by atoms with Crippen molar-refractivity contribution in [1.82, 2.24) is 4.31 Å². The zero-order valence-electron chi connectivity index (χ0n) is 24.5. The number of sulfonamides is 1. The number of ether oxygens (including phenoxy) is 2. The van der Waals surface area contributed by atoms with Crippen LogP contribution in [0.2, 0.25) is 0 Å². The van der Waals surface area contributed by atoms with Gasteiger partial charge in [0.05, 0.1) is 38.4 Å². The molecule has 0 spiro atoms. The quantitative estimate of drug-likeness (QED) is 0.225. The van der Waals surface area contributed by atoms with Crippen LogP contribution in [0.15, 0.2) is 120 Å². The van der Waals surface area contributed by atoms with Gasteiger partial charge in [0.15, 0.2) is 0 Å². The average molecular weight is 584 g/mol. The molecule has 1 heterocycles. The van der Waals surface area contributed by atoms with Crippen LogP contribution in [0, 0.1) is 6.92 Å². The molecule has 1 saturated heterocycles. The molecule has 0 aliphatic carbocycles. The first kappa shape index (κ1) is 29.1. The zero-order valence-corrected chi connectivity index (χ0v) is 25.3. The summed E-state index contributed by atoms with van der Waals surface area (Å²) in [6.45, 7) is 5.49. The van der Waals surface area contributed by atoms with E-state index in [9.17, 15) is 8.42 Å². The van der Waals surface area contributed by atoms with E-state index in [1.165, 1.54) is 4.31 Å². The molecular weight excluding hydrogens is 546 g/mol.